The van der Waals surface area contributed by atoms with Gasteiger partial charge in [-0.2, -0.15) is 0 Å². The highest BCUT2D eigenvalue weighted by Gasteiger charge is 2.21. The second-order valence-corrected chi connectivity index (χ2v) is 5.53. The van der Waals surface area contributed by atoms with E-state index in [0.29, 0.717) is 11.4 Å². The van der Waals surface area contributed by atoms with Crippen LogP contribution in [0.5, 0.6) is 0 Å². The number of nitrogens with one attached hydrogen (secondary N) is 1. The van der Waals surface area contributed by atoms with Gasteiger partial charge in [0, 0.05) is 12.1 Å². The van der Waals surface area contributed by atoms with Gasteiger partial charge < -0.3 is 10.1 Å². The molecule has 2 aromatic rings. The summed E-state index contributed by atoms with van der Waals surface area (Å²) in [5.74, 6) is -0.832. The Labute approximate surface area is 133 Å². The SMILES string of the molecule is C=CCNC(=O)[C@@H](C)OC(=O)c1sccc1-c1ccccc1. The molecular formula is C17H17NO3S. The molecule has 1 amide bonds. The summed E-state index contributed by atoms with van der Waals surface area (Å²) < 4.78 is 5.24. The maximum atomic E-state index is 12.3. The molecule has 0 bridgehead atoms. The lowest BCUT2D eigenvalue weighted by Crippen LogP contribution is -2.35. The molecule has 1 aromatic carbocycles. The van der Waals surface area contributed by atoms with E-state index in [9.17, 15) is 9.59 Å². The Bertz CT molecular complexity index is 664. The molecule has 0 fully saturated rings. The van der Waals surface area contributed by atoms with E-state index in [2.05, 4.69) is 11.9 Å². The third-order valence-corrected chi connectivity index (χ3v) is 3.90. The predicted molar refractivity (Wildman–Crippen MR) is 87.8 cm³/mol. The van der Waals surface area contributed by atoms with E-state index in [-0.39, 0.29) is 5.91 Å². The molecule has 4 nitrogen and oxygen atoms in total. The summed E-state index contributed by atoms with van der Waals surface area (Å²) in [6.45, 7) is 5.41. The van der Waals surface area contributed by atoms with Gasteiger partial charge in [0.05, 0.1) is 0 Å². The fourth-order valence-electron chi connectivity index (χ4n) is 1.90. The Morgan fingerprint density at radius 3 is 2.73 bits per heavy atom. The molecule has 0 saturated heterocycles. The van der Waals surface area contributed by atoms with Crippen molar-refractivity contribution in [2.75, 3.05) is 6.54 Å². The summed E-state index contributed by atoms with van der Waals surface area (Å²) >= 11 is 1.30. The number of thiophene rings is 1. The van der Waals surface area contributed by atoms with Crippen molar-refractivity contribution in [3.63, 3.8) is 0 Å². The second kappa shape index (κ2) is 7.56. The minimum absolute atomic E-state index is 0.342. The van der Waals surface area contributed by atoms with Crippen LogP contribution in [0.25, 0.3) is 11.1 Å². The standard InChI is InChI=1S/C17H17NO3S/c1-3-10-18-16(19)12(2)21-17(20)15-14(9-11-22-15)13-7-5-4-6-8-13/h3-9,11-12H,1,10H2,2H3,(H,18,19)/t12-/m1/s1. The molecule has 0 aliphatic heterocycles. The first-order chi connectivity index (χ1) is 10.6. The van der Waals surface area contributed by atoms with Crippen molar-refractivity contribution >= 4 is 23.2 Å². The van der Waals surface area contributed by atoms with Crippen LogP contribution in [-0.2, 0) is 9.53 Å². The van der Waals surface area contributed by atoms with Crippen molar-refractivity contribution in [2.24, 2.45) is 0 Å². The Hall–Kier alpha value is -2.40. The first kappa shape index (κ1) is 16.0. The summed E-state index contributed by atoms with van der Waals surface area (Å²) in [5.41, 5.74) is 1.76. The van der Waals surface area contributed by atoms with E-state index >= 15 is 0 Å². The number of esters is 1. The quantitative estimate of drug-likeness (QED) is 0.657. The molecule has 1 aromatic heterocycles. The van der Waals surface area contributed by atoms with Crippen LogP contribution in [0.3, 0.4) is 0 Å². The maximum absolute atomic E-state index is 12.3. The van der Waals surface area contributed by atoms with Gasteiger partial charge in [0.15, 0.2) is 6.10 Å². The van der Waals surface area contributed by atoms with Crippen LogP contribution < -0.4 is 5.32 Å². The second-order valence-electron chi connectivity index (χ2n) is 4.61. The van der Waals surface area contributed by atoms with Crippen molar-refractivity contribution in [1.29, 1.82) is 0 Å². The molecule has 1 heterocycles. The number of benzene rings is 1. The van der Waals surface area contributed by atoms with Crippen LogP contribution in [0.4, 0.5) is 0 Å². The Kier molecular flexibility index (Phi) is 5.49. The Morgan fingerprint density at radius 1 is 1.32 bits per heavy atom. The molecule has 0 saturated carbocycles. The molecule has 2 rings (SSSR count). The minimum Gasteiger partial charge on any atom is -0.448 e. The average Bonchev–Trinajstić information content (AvgIpc) is 3.03. The lowest BCUT2D eigenvalue weighted by molar-refractivity contribution is -0.128. The van der Waals surface area contributed by atoms with Gasteiger partial charge in [-0.05, 0) is 23.9 Å². The van der Waals surface area contributed by atoms with Crippen LogP contribution in [0.1, 0.15) is 16.6 Å². The van der Waals surface area contributed by atoms with Gasteiger partial charge in [0.1, 0.15) is 4.88 Å². The first-order valence-corrected chi connectivity index (χ1v) is 7.74. The maximum Gasteiger partial charge on any atom is 0.349 e. The number of rotatable bonds is 6. The highest BCUT2D eigenvalue weighted by atomic mass is 32.1. The van der Waals surface area contributed by atoms with Crippen LogP contribution >= 0.6 is 11.3 Å². The molecule has 0 aliphatic rings. The van der Waals surface area contributed by atoms with E-state index in [4.69, 9.17) is 4.74 Å². The number of ether oxygens (including phenoxy) is 1. The third-order valence-electron chi connectivity index (χ3n) is 3.01. The van der Waals surface area contributed by atoms with E-state index < -0.39 is 12.1 Å². The number of carbonyl (C=O) groups is 2. The first-order valence-electron chi connectivity index (χ1n) is 6.86. The summed E-state index contributed by atoms with van der Waals surface area (Å²) in [7, 11) is 0. The predicted octanol–water partition coefficient (Wildman–Crippen LogP) is 3.26. The molecule has 22 heavy (non-hydrogen) atoms. The molecule has 0 unspecified atom stereocenters. The lowest BCUT2D eigenvalue weighted by atomic mass is 10.1. The number of amides is 1. The summed E-state index contributed by atoms with van der Waals surface area (Å²) in [4.78, 5) is 24.5. The van der Waals surface area contributed by atoms with Gasteiger partial charge in [-0.1, -0.05) is 36.4 Å². The van der Waals surface area contributed by atoms with Crippen molar-refractivity contribution in [3.8, 4) is 11.1 Å². The van der Waals surface area contributed by atoms with Crippen LogP contribution in [-0.4, -0.2) is 24.5 Å². The van der Waals surface area contributed by atoms with E-state index in [1.54, 1.807) is 13.0 Å². The van der Waals surface area contributed by atoms with E-state index in [1.807, 2.05) is 41.8 Å². The Balaban J connectivity index is 2.10. The highest BCUT2D eigenvalue weighted by Crippen LogP contribution is 2.29. The van der Waals surface area contributed by atoms with Gasteiger partial charge in [-0.3, -0.25) is 4.79 Å². The van der Waals surface area contributed by atoms with Crippen molar-refractivity contribution in [2.45, 2.75) is 13.0 Å². The minimum atomic E-state index is -0.849. The van der Waals surface area contributed by atoms with E-state index in [1.165, 1.54) is 11.3 Å². The van der Waals surface area contributed by atoms with Gasteiger partial charge >= 0.3 is 5.97 Å². The largest absolute Gasteiger partial charge is 0.448 e. The Morgan fingerprint density at radius 2 is 2.05 bits per heavy atom. The fraction of sp³-hybridized carbons (Fsp3) is 0.176. The van der Waals surface area contributed by atoms with Gasteiger partial charge in [0.2, 0.25) is 0 Å². The monoisotopic (exact) mass is 315 g/mol. The molecule has 1 atom stereocenters. The lowest BCUT2D eigenvalue weighted by Gasteiger charge is -2.12. The van der Waals surface area contributed by atoms with Crippen molar-refractivity contribution in [3.05, 3.63) is 59.3 Å². The van der Waals surface area contributed by atoms with Gasteiger partial charge in [0.25, 0.3) is 5.91 Å². The number of carbonyl (C=O) groups excluding carboxylic acids is 2. The fourth-order valence-corrected chi connectivity index (χ4v) is 2.69. The molecule has 0 radical (unpaired) electrons. The normalized spacial score (nSPS) is 11.5. The molecular weight excluding hydrogens is 298 g/mol. The zero-order valence-electron chi connectivity index (χ0n) is 12.2. The molecule has 114 valence electrons. The molecule has 5 heteroatoms. The summed E-state index contributed by atoms with van der Waals surface area (Å²) in [5, 5.41) is 4.43. The summed E-state index contributed by atoms with van der Waals surface area (Å²) in [6.07, 6.45) is 0.720. The average molecular weight is 315 g/mol. The molecule has 1 N–H and O–H groups in total. The zero-order valence-corrected chi connectivity index (χ0v) is 13.1. The van der Waals surface area contributed by atoms with E-state index in [0.717, 1.165) is 11.1 Å². The third kappa shape index (κ3) is 3.83. The van der Waals surface area contributed by atoms with Crippen LogP contribution in [0.15, 0.2) is 54.4 Å². The van der Waals surface area contributed by atoms with Crippen molar-refractivity contribution < 1.29 is 14.3 Å². The number of hydrogen-bond acceptors (Lipinski definition) is 4. The summed E-state index contributed by atoms with van der Waals surface area (Å²) in [6, 6.07) is 11.5. The highest BCUT2D eigenvalue weighted by molar-refractivity contribution is 7.12. The molecule has 0 aliphatic carbocycles. The van der Waals surface area contributed by atoms with Crippen molar-refractivity contribution in [1.82, 2.24) is 5.32 Å². The van der Waals surface area contributed by atoms with Crippen LogP contribution in [0, 0.1) is 0 Å². The van der Waals surface area contributed by atoms with Gasteiger partial charge in [-0.25, -0.2) is 4.79 Å². The zero-order chi connectivity index (χ0) is 15.9. The number of hydrogen-bond donors (Lipinski definition) is 1. The smallest absolute Gasteiger partial charge is 0.349 e. The topological polar surface area (TPSA) is 55.4 Å². The van der Waals surface area contributed by atoms with Gasteiger partial charge in [-0.15, -0.1) is 17.9 Å². The van der Waals surface area contributed by atoms with Crippen LogP contribution in [0.2, 0.25) is 0 Å². The molecule has 0 spiro atoms.